The lowest BCUT2D eigenvalue weighted by Crippen LogP contribution is -2.46. The normalized spacial score (nSPS) is 15.6. The summed E-state index contributed by atoms with van der Waals surface area (Å²) in [6, 6.07) is 6.58. The fourth-order valence-corrected chi connectivity index (χ4v) is 2.69. The van der Waals surface area contributed by atoms with E-state index < -0.39 is 0 Å². The summed E-state index contributed by atoms with van der Waals surface area (Å²) >= 11 is 0. The first-order valence-electron chi connectivity index (χ1n) is 7.98. The summed E-state index contributed by atoms with van der Waals surface area (Å²) < 4.78 is 0. The molecule has 1 aliphatic heterocycles. The highest BCUT2D eigenvalue weighted by atomic mass is 16.3. The number of phenols is 1. The average Bonchev–Trinajstić information content (AvgIpc) is 2.53. The molecule has 1 aromatic carbocycles. The molecule has 0 unspecified atom stereocenters. The van der Waals surface area contributed by atoms with Gasteiger partial charge in [-0.05, 0) is 37.5 Å². The molecule has 0 saturated carbocycles. The number of unbranched alkanes of at least 4 members (excludes halogenated alkanes) is 1. The highest BCUT2D eigenvalue weighted by Gasteiger charge is 2.24. The molecule has 0 atom stereocenters. The number of aromatic hydroxyl groups is 1. The van der Waals surface area contributed by atoms with E-state index in [1.807, 2.05) is 0 Å². The second-order valence-electron chi connectivity index (χ2n) is 5.79. The number of rotatable bonds is 5. The van der Waals surface area contributed by atoms with Crippen molar-refractivity contribution < 1.29 is 14.7 Å². The second-order valence-corrected chi connectivity index (χ2v) is 5.79. The van der Waals surface area contributed by atoms with E-state index in [0.717, 1.165) is 25.7 Å². The fraction of sp³-hybridized carbons (Fsp3) is 0.529. The lowest BCUT2D eigenvalue weighted by Gasteiger charge is -2.32. The molecular weight excluding hydrogens is 280 g/mol. The molecule has 0 aliphatic carbocycles. The van der Waals surface area contributed by atoms with Gasteiger partial charge in [0.15, 0.2) is 0 Å². The van der Waals surface area contributed by atoms with Gasteiger partial charge in [-0.25, -0.2) is 0 Å². The molecule has 0 aromatic heterocycles. The van der Waals surface area contributed by atoms with Crippen LogP contribution in [0.2, 0.25) is 0 Å². The highest BCUT2D eigenvalue weighted by Crippen LogP contribution is 2.17. The van der Waals surface area contributed by atoms with Crippen LogP contribution in [-0.4, -0.2) is 41.0 Å². The average molecular weight is 304 g/mol. The van der Waals surface area contributed by atoms with Crippen LogP contribution in [-0.2, 0) is 4.79 Å². The maximum Gasteiger partial charge on any atom is 0.253 e. The van der Waals surface area contributed by atoms with Crippen molar-refractivity contribution in [2.45, 2.75) is 45.1 Å². The number of phenolic OH excluding ortho intramolecular Hbond substituents is 1. The van der Waals surface area contributed by atoms with Gasteiger partial charge in [0.25, 0.3) is 5.91 Å². The molecule has 0 spiro atoms. The SMILES string of the molecule is CCCCC(=O)NC1CCN(C(=O)c2cccc(O)c2)CC1. The highest BCUT2D eigenvalue weighted by molar-refractivity contribution is 5.94. The lowest BCUT2D eigenvalue weighted by atomic mass is 10.0. The van der Waals surface area contributed by atoms with Gasteiger partial charge in [0, 0.05) is 31.1 Å². The zero-order chi connectivity index (χ0) is 15.9. The molecular formula is C17H24N2O3. The van der Waals surface area contributed by atoms with Crippen LogP contribution in [0.4, 0.5) is 0 Å². The third-order valence-electron chi connectivity index (χ3n) is 4.00. The Morgan fingerprint density at radius 3 is 2.68 bits per heavy atom. The first kappa shape index (κ1) is 16.3. The van der Waals surface area contributed by atoms with Crippen molar-refractivity contribution in [1.82, 2.24) is 10.2 Å². The summed E-state index contributed by atoms with van der Waals surface area (Å²) in [4.78, 5) is 25.9. The van der Waals surface area contributed by atoms with Crippen LogP contribution in [0.1, 0.15) is 49.4 Å². The number of carbonyl (C=O) groups is 2. The fourth-order valence-electron chi connectivity index (χ4n) is 2.69. The maximum absolute atomic E-state index is 12.3. The molecule has 5 heteroatoms. The number of carbonyl (C=O) groups excluding carboxylic acids is 2. The Morgan fingerprint density at radius 1 is 1.32 bits per heavy atom. The Balaban J connectivity index is 1.82. The number of likely N-dealkylation sites (tertiary alicyclic amines) is 1. The van der Waals surface area contributed by atoms with Crippen molar-refractivity contribution in [3.05, 3.63) is 29.8 Å². The van der Waals surface area contributed by atoms with E-state index >= 15 is 0 Å². The molecule has 120 valence electrons. The van der Waals surface area contributed by atoms with Crippen molar-refractivity contribution in [3.63, 3.8) is 0 Å². The number of hydrogen-bond acceptors (Lipinski definition) is 3. The molecule has 0 bridgehead atoms. The van der Waals surface area contributed by atoms with Crippen molar-refractivity contribution in [2.24, 2.45) is 0 Å². The van der Waals surface area contributed by atoms with E-state index in [-0.39, 0.29) is 23.6 Å². The smallest absolute Gasteiger partial charge is 0.253 e. The summed E-state index contributed by atoms with van der Waals surface area (Å²) in [5, 5.41) is 12.5. The van der Waals surface area contributed by atoms with E-state index in [0.29, 0.717) is 25.1 Å². The Hall–Kier alpha value is -2.04. The molecule has 1 saturated heterocycles. The Labute approximate surface area is 131 Å². The predicted octanol–water partition coefficient (Wildman–Crippen LogP) is 2.30. The van der Waals surface area contributed by atoms with Crippen LogP contribution in [0, 0.1) is 0 Å². The predicted molar refractivity (Wildman–Crippen MR) is 84.7 cm³/mol. The maximum atomic E-state index is 12.3. The molecule has 1 heterocycles. The molecule has 22 heavy (non-hydrogen) atoms. The van der Waals surface area contributed by atoms with Crippen LogP contribution in [0.5, 0.6) is 5.75 Å². The summed E-state index contributed by atoms with van der Waals surface area (Å²) in [6.07, 6.45) is 4.08. The minimum Gasteiger partial charge on any atom is -0.508 e. The van der Waals surface area contributed by atoms with E-state index in [4.69, 9.17) is 0 Å². The minimum atomic E-state index is -0.0633. The minimum absolute atomic E-state index is 0.0633. The first-order valence-corrected chi connectivity index (χ1v) is 7.98. The van der Waals surface area contributed by atoms with Gasteiger partial charge in [0.05, 0.1) is 0 Å². The van der Waals surface area contributed by atoms with Gasteiger partial charge in [-0.15, -0.1) is 0 Å². The van der Waals surface area contributed by atoms with Crippen LogP contribution < -0.4 is 5.32 Å². The topological polar surface area (TPSA) is 69.6 Å². The number of nitrogens with zero attached hydrogens (tertiary/aromatic N) is 1. The van der Waals surface area contributed by atoms with E-state index in [2.05, 4.69) is 12.2 Å². The number of benzene rings is 1. The molecule has 2 amide bonds. The van der Waals surface area contributed by atoms with Gasteiger partial charge in [-0.3, -0.25) is 9.59 Å². The van der Waals surface area contributed by atoms with Gasteiger partial charge in [0.2, 0.25) is 5.91 Å². The third-order valence-corrected chi connectivity index (χ3v) is 4.00. The number of hydrogen-bond donors (Lipinski definition) is 2. The van der Waals surface area contributed by atoms with E-state index in [9.17, 15) is 14.7 Å². The second kappa shape index (κ2) is 7.82. The van der Waals surface area contributed by atoms with Crippen LogP contribution >= 0.6 is 0 Å². The lowest BCUT2D eigenvalue weighted by molar-refractivity contribution is -0.122. The van der Waals surface area contributed by atoms with Crippen LogP contribution in [0.3, 0.4) is 0 Å². The molecule has 1 aliphatic rings. The van der Waals surface area contributed by atoms with Gasteiger partial charge >= 0.3 is 0 Å². The van der Waals surface area contributed by atoms with Gasteiger partial charge < -0.3 is 15.3 Å². The zero-order valence-electron chi connectivity index (χ0n) is 13.0. The summed E-state index contributed by atoms with van der Waals surface area (Å²) in [7, 11) is 0. The van der Waals surface area contributed by atoms with Gasteiger partial charge in [-0.2, -0.15) is 0 Å². The van der Waals surface area contributed by atoms with E-state index in [1.165, 1.54) is 6.07 Å². The Kier molecular flexibility index (Phi) is 5.81. The summed E-state index contributed by atoms with van der Waals surface area (Å²) in [5.74, 6) is 0.148. The summed E-state index contributed by atoms with van der Waals surface area (Å²) in [6.45, 7) is 3.33. The number of piperidine rings is 1. The standard InChI is InChI=1S/C17H24N2O3/c1-2-3-7-16(21)18-14-8-10-19(11-9-14)17(22)13-5-4-6-15(20)12-13/h4-6,12,14,20H,2-3,7-11H2,1H3,(H,18,21). The molecule has 1 aromatic rings. The van der Waals surface area contributed by atoms with Crippen molar-refractivity contribution in [2.75, 3.05) is 13.1 Å². The van der Waals surface area contributed by atoms with Crippen molar-refractivity contribution in [1.29, 1.82) is 0 Å². The first-order chi connectivity index (χ1) is 10.6. The van der Waals surface area contributed by atoms with E-state index in [1.54, 1.807) is 23.1 Å². The molecule has 5 nitrogen and oxygen atoms in total. The summed E-state index contributed by atoms with van der Waals surface area (Å²) in [5.41, 5.74) is 0.505. The quantitative estimate of drug-likeness (QED) is 0.877. The number of nitrogens with one attached hydrogen (secondary N) is 1. The van der Waals surface area contributed by atoms with Crippen LogP contribution in [0.15, 0.2) is 24.3 Å². The van der Waals surface area contributed by atoms with Crippen LogP contribution in [0.25, 0.3) is 0 Å². The van der Waals surface area contributed by atoms with Gasteiger partial charge in [-0.1, -0.05) is 19.4 Å². The molecule has 2 N–H and O–H groups in total. The Morgan fingerprint density at radius 2 is 2.05 bits per heavy atom. The molecule has 2 rings (SSSR count). The largest absolute Gasteiger partial charge is 0.508 e. The monoisotopic (exact) mass is 304 g/mol. The number of amides is 2. The van der Waals surface area contributed by atoms with Gasteiger partial charge in [0.1, 0.15) is 5.75 Å². The molecule has 0 radical (unpaired) electrons. The van der Waals surface area contributed by atoms with Crippen molar-refractivity contribution >= 4 is 11.8 Å². The zero-order valence-corrected chi connectivity index (χ0v) is 13.0. The third kappa shape index (κ3) is 4.48. The molecule has 1 fully saturated rings. The Bertz CT molecular complexity index is 522. The van der Waals surface area contributed by atoms with Crippen molar-refractivity contribution in [3.8, 4) is 5.75 Å².